The average molecular weight is 346 g/mol. The van der Waals surface area contributed by atoms with Crippen molar-refractivity contribution in [3.8, 4) is 11.1 Å². The molecular weight excluding hydrogens is 328 g/mol. The number of hydrogen-bond donors (Lipinski definition) is 2. The van der Waals surface area contributed by atoms with Gasteiger partial charge in [0.1, 0.15) is 4.88 Å². The van der Waals surface area contributed by atoms with Crippen LogP contribution in [0, 0.1) is 6.92 Å². The van der Waals surface area contributed by atoms with Crippen LogP contribution in [0.5, 0.6) is 0 Å². The van der Waals surface area contributed by atoms with E-state index in [4.69, 9.17) is 4.74 Å². The summed E-state index contributed by atoms with van der Waals surface area (Å²) in [4.78, 5) is 35.7. The number of imide groups is 1. The van der Waals surface area contributed by atoms with Crippen LogP contribution in [0.1, 0.15) is 22.2 Å². The molecule has 0 aliphatic heterocycles. The highest BCUT2D eigenvalue weighted by molar-refractivity contribution is 7.12. The molecule has 0 saturated carbocycles. The largest absolute Gasteiger partial charge is 0.448 e. The van der Waals surface area contributed by atoms with Gasteiger partial charge in [-0.1, -0.05) is 29.8 Å². The predicted molar refractivity (Wildman–Crippen MR) is 92.0 cm³/mol. The molecule has 0 fully saturated rings. The van der Waals surface area contributed by atoms with E-state index in [1.807, 2.05) is 37.3 Å². The molecule has 1 aromatic heterocycles. The maximum absolute atomic E-state index is 12.3. The maximum Gasteiger partial charge on any atom is 0.349 e. The zero-order valence-corrected chi connectivity index (χ0v) is 14.4. The Morgan fingerprint density at radius 2 is 1.79 bits per heavy atom. The molecule has 126 valence electrons. The lowest BCUT2D eigenvalue weighted by Crippen LogP contribution is -2.43. The molecule has 0 spiro atoms. The lowest BCUT2D eigenvalue weighted by molar-refractivity contribution is -0.127. The highest BCUT2D eigenvalue weighted by atomic mass is 32.1. The Morgan fingerprint density at radius 3 is 2.42 bits per heavy atom. The maximum atomic E-state index is 12.3. The van der Waals surface area contributed by atoms with Crippen LogP contribution in [0.4, 0.5) is 4.79 Å². The van der Waals surface area contributed by atoms with Gasteiger partial charge in [-0.15, -0.1) is 11.3 Å². The lowest BCUT2D eigenvalue weighted by atomic mass is 10.1. The van der Waals surface area contributed by atoms with Gasteiger partial charge in [0.05, 0.1) is 0 Å². The third kappa shape index (κ3) is 4.20. The SMILES string of the molecule is CNC(=O)NC(=O)[C@H](C)OC(=O)c1sccc1-c1ccc(C)cc1. The van der Waals surface area contributed by atoms with E-state index < -0.39 is 24.0 Å². The summed E-state index contributed by atoms with van der Waals surface area (Å²) in [6.07, 6.45) is -1.08. The van der Waals surface area contributed by atoms with Crippen LogP contribution in [-0.2, 0) is 9.53 Å². The molecule has 2 aromatic rings. The van der Waals surface area contributed by atoms with Crippen molar-refractivity contribution in [2.75, 3.05) is 7.05 Å². The fourth-order valence-corrected chi connectivity index (χ4v) is 2.77. The summed E-state index contributed by atoms with van der Waals surface area (Å²) < 4.78 is 5.17. The van der Waals surface area contributed by atoms with E-state index in [9.17, 15) is 14.4 Å². The molecule has 0 saturated heterocycles. The first-order valence-electron chi connectivity index (χ1n) is 7.30. The Kier molecular flexibility index (Phi) is 5.70. The Labute approximate surface area is 143 Å². The molecule has 0 aliphatic rings. The van der Waals surface area contributed by atoms with E-state index in [0.717, 1.165) is 16.7 Å². The predicted octanol–water partition coefficient (Wildman–Crippen LogP) is 2.72. The molecule has 1 atom stereocenters. The van der Waals surface area contributed by atoms with E-state index >= 15 is 0 Å². The Bertz CT molecular complexity index is 752. The molecular formula is C17H18N2O4S. The topological polar surface area (TPSA) is 84.5 Å². The number of rotatable bonds is 4. The van der Waals surface area contributed by atoms with Crippen LogP contribution in [-0.4, -0.2) is 31.1 Å². The highest BCUT2D eigenvalue weighted by Gasteiger charge is 2.23. The summed E-state index contributed by atoms with van der Waals surface area (Å²) in [5, 5.41) is 6.12. The zero-order valence-electron chi connectivity index (χ0n) is 13.6. The number of aryl methyl sites for hydroxylation is 1. The van der Waals surface area contributed by atoms with Gasteiger partial charge in [-0.05, 0) is 30.9 Å². The molecule has 1 aromatic carbocycles. The summed E-state index contributed by atoms with van der Waals surface area (Å²) >= 11 is 1.24. The molecule has 7 heteroatoms. The number of carbonyl (C=O) groups is 3. The van der Waals surface area contributed by atoms with Crippen molar-refractivity contribution in [3.63, 3.8) is 0 Å². The highest BCUT2D eigenvalue weighted by Crippen LogP contribution is 2.29. The number of esters is 1. The van der Waals surface area contributed by atoms with Gasteiger partial charge in [-0.25, -0.2) is 9.59 Å². The molecule has 0 aliphatic carbocycles. The average Bonchev–Trinajstić information content (AvgIpc) is 3.04. The molecule has 0 radical (unpaired) electrons. The summed E-state index contributed by atoms with van der Waals surface area (Å²) in [6.45, 7) is 3.40. The third-order valence-electron chi connectivity index (χ3n) is 3.33. The first-order valence-corrected chi connectivity index (χ1v) is 8.18. The summed E-state index contributed by atoms with van der Waals surface area (Å²) in [6, 6.07) is 8.95. The van der Waals surface area contributed by atoms with Gasteiger partial charge in [0.15, 0.2) is 6.10 Å². The van der Waals surface area contributed by atoms with Crippen molar-refractivity contribution in [1.82, 2.24) is 10.6 Å². The molecule has 24 heavy (non-hydrogen) atoms. The van der Waals surface area contributed by atoms with Gasteiger partial charge in [0.2, 0.25) is 0 Å². The normalized spacial score (nSPS) is 11.5. The van der Waals surface area contributed by atoms with Gasteiger partial charge in [-0.2, -0.15) is 0 Å². The second-order valence-electron chi connectivity index (χ2n) is 5.15. The molecule has 6 nitrogen and oxygen atoms in total. The van der Waals surface area contributed by atoms with E-state index in [1.54, 1.807) is 5.38 Å². The second-order valence-corrected chi connectivity index (χ2v) is 6.06. The summed E-state index contributed by atoms with van der Waals surface area (Å²) in [5.41, 5.74) is 2.78. The van der Waals surface area contributed by atoms with Crippen LogP contribution in [0.2, 0.25) is 0 Å². The molecule has 1 heterocycles. The van der Waals surface area contributed by atoms with E-state index in [1.165, 1.54) is 25.3 Å². The minimum atomic E-state index is -1.08. The number of hydrogen-bond acceptors (Lipinski definition) is 5. The molecule has 2 rings (SSSR count). The quantitative estimate of drug-likeness (QED) is 0.834. The van der Waals surface area contributed by atoms with Gasteiger partial charge in [-0.3, -0.25) is 10.1 Å². The van der Waals surface area contributed by atoms with E-state index in [2.05, 4.69) is 10.6 Å². The fourth-order valence-electron chi connectivity index (χ4n) is 1.97. The smallest absolute Gasteiger partial charge is 0.349 e. The number of carbonyl (C=O) groups excluding carboxylic acids is 3. The number of amides is 3. The fraction of sp³-hybridized carbons (Fsp3) is 0.235. The second kappa shape index (κ2) is 7.74. The minimum absolute atomic E-state index is 0.415. The van der Waals surface area contributed by atoms with Gasteiger partial charge < -0.3 is 10.1 Å². The van der Waals surface area contributed by atoms with Crippen LogP contribution < -0.4 is 10.6 Å². The number of thiophene rings is 1. The first-order chi connectivity index (χ1) is 11.4. The van der Waals surface area contributed by atoms with Crippen LogP contribution in [0.25, 0.3) is 11.1 Å². The summed E-state index contributed by atoms with van der Waals surface area (Å²) in [7, 11) is 1.39. The van der Waals surface area contributed by atoms with Gasteiger partial charge >= 0.3 is 12.0 Å². The Balaban J connectivity index is 2.11. The molecule has 0 bridgehead atoms. The third-order valence-corrected chi connectivity index (χ3v) is 4.22. The summed E-state index contributed by atoms with van der Waals surface area (Å²) in [5.74, 6) is -1.28. The molecule has 2 N–H and O–H groups in total. The van der Waals surface area contributed by atoms with Gasteiger partial charge in [0, 0.05) is 12.6 Å². The van der Waals surface area contributed by atoms with Crippen molar-refractivity contribution >= 4 is 29.2 Å². The van der Waals surface area contributed by atoms with Gasteiger partial charge in [0.25, 0.3) is 5.91 Å². The standard InChI is InChI=1S/C17H18N2O4S/c1-10-4-6-12(7-5-10)13-8-9-24-14(13)16(21)23-11(2)15(20)19-17(22)18-3/h4-9,11H,1-3H3,(H2,18,19,20,22)/t11-/m0/s1. The van der Waals surface area contributed by atoms with Crippen molar-refractivity contribution < 1.29 is 19.1 Å². The number of ether oxygens (including phenoxy) is 1. The Hall–Kier alpha value is -2.67. The lowest BCUT2D eigenvalue weighted by Gasteiger charge is -2.13. The first kappa shape index (κ1) is 17.7. The van der Waals surface area contributed by atoms with E-state index in [0.29, 0.717) is 4.88 Å². The minimum Gasteiger partial charge on any atom is -0.448 e. The van der Waals surface area contributed by atoms with Crippen molar-refractivity contribution in [3.05, 3.63) is 46.2 Å². The molecule has 3 amide bonds. The van der Waals surface area contributed by atoms with Crippen LogP contribution in [0.3, 0.4) is 0 Å². The monoisotopic (exact) mass is 346 g/mol. The van der Waals surface area contributed by atoms with Crippen molar-refractivity contribution in [2.45, 2.75) is 20.0 Å². The van der Waals surface area contributed by atoms with Crippen LogP contribution in [0.15, 0.2) is 35.7 Å². The zero-order chi connectivity index (χ0) is 17.7. The number of nitrogens with one attached hydrogen (secondary N) is 2. The molecule has 0 unspecified atom stereocenters. The Morgan fingerprint density at radius 1 is 1.12 bits per heavy atom. The van der Waals surface area contributed by atoms with Crippen molar-refractivity contribution in [1.29, 1.82) is 0 Å². The number of urea groups is 1. The number of benzene rings is 1. The van der Waals surface area contributed by atoms with Crippen molar-refractivity contribution in [2.24, 2.45) is 0 Å². The van der Waals surface area contributed by atoms with E-state index in [-0.39, 0.29) is 0 Å². The van der Waals surface area contributed by atoms with Crippen LogP contribution >= 0.6 is 11.3 Å².